The van der Waals surface area contributed by atoms with Crippen LogP contribution in [-0.4, -0.2) is 6.61 Å². The van der Waals surface area contributed by atoms with Crippen molar-refractivity contribution in [1.29, 1.82) is 0 Å². The van der Waals surface area contributed by atoms with Gasteiger partial charge in [0, 0.05) is 0 Å². The number of ether oxygens (including phenoxy) is 1. The predicted molar refractivity (Wildman–Crippen MR) is 61.1 cm³/mol. The normalized spacial score (nSPS) is 10.6. The third-order valence-corrected chi connectivity index (χ3v) is 2.25. The van der Waals surface area contributed by atoms with Crippen molar-refractivity contribution in [2.24, 2.45) is 0 Å². The van der Waals surface area contributed by atoms with Gasteiger partial charge >= 0.3 is 0 Å². The molecule has 78 valence electrons. The van der Waals surface area contributed by atoms with Crippen LogP contribution in [0.1, 0.15) is 44.2 Å². The maximum absolute atomic E-state index is 5.70. The van der Waals surface area contributed by atoms with Gasteiger partial charge in [0.2, 0.25) is 0 Å². The second-order valence-corrected chi connectivity index (χ2v) is 4.04. The van der Waals surface area contributed by atoms with Crippen molar-refractivity contribution in [2.75, 3.05) is 6.61 Å². The highest BCUT2D eigenvalue weighted by Gasteiger charge is 2.07. The molecule has 0 atom stereocenters. The number of hydrogen-bond donors (Lipinski definition) is 0. The van der Waals surface area contributed by atoms with Crippen molar-refractivity contribution in [2.45, 2.75) is 40.0 Å². The van der Waals surface area contributed by atoms with E-state index in [0.29, 0.717) is 5.92 Å². The van der Waals surface area contributed by atoms with Crippen molar-refractivity contribution in [3.8, 4) is 5.75 Å². The van der Waals surface area contributed by atoms with Crippen molar-refractivity contribution in [3.05, 3.63) is 29.3 Å². The fourth-order valence-corrected chi connectivity index (χ4v) is 1.46. The van der Waals surface area contributed by atoms with Gasteiger partial charge in [-0.15, -0.1) is 0 Å². The number of hydrogen-bond acceptors (Lipinski definition) is 1. The van der Waals surface area contributed by atoms with Crippen molar-refractivity contribution in [3.63, 3.8) is 0 Å². The first kappa shape index (κ1) is 11.1. The molecule has 0 N–H and O–H groups in total. The van der Waals surface area contributed by atoms with Gasteiger partial charge in [-0.25, -0.2) is 0 Å². The van der Waals surface area contributed by atoms with Crippen LogP contribution >= 0.6 is 0 Å². The fraction of sp³-hybridized carbons (Fsp3) is 0.538. The molecule has 1 nitrogen and oxygen atoms in total. The van der Waals surface area contributed by atoms with E-state index in [1.165, 1.54) is 11.1 Å². The molecule has 0 unspecified atom stereocenters. The average Bonchev–Trinajstić information content (AvgIpc) is 2.15. The van der Waals surface area contributed by atoms with E-state index in [1.807, 2.05) is 0 Å². The Kier molecular flexibility index (Phi) is 3.99. The minimum Gasteiger partial charge on any atom is -0.493 e. The van der Waals surface area contributed by atoms with Crippen LogP contribution in [0.15, 0.2) is 18.2 Å². The third-order valence-electron chi connectivity index (χ3n) is 2.25. The summed E-state index contributed by atoms with van der Waals surface area (Å²) in [5, 5.41) is 0. The van der Waals surface area contributed by atoms with E-state index in [2.05, 4.69) is 45.9 Å². The van der Waals surface area contributed by atoms with Gasteiger partial charge in [-0.1, -0.05) is 38.5 Å². The van der Waals surface area contributed by atoms with Crippen LogP contribution in [0.4, 0.5) is 0 Å². The van der Waals surface area contributed by atoms with Crippen LogP contribution in [-0.2, 0) is 0 Å². The monoisotopic (exact) mass is 192 g/mol. The Morgan fingerprint density at radius 3 is 2.57 bits per heavy atom. The number of aryl methyl sites for hydroxylation is 1. The molecule has 0 aliphatic carbocycles. The van der Waals surface area contributed by atoms with E-state index in [1.54, 1.807) is 0 Å². The molecule has 14 heavy (non-hydrogen) atoms. The molecular weight excluding hydrogens is 172 g/mol. The highest BCUT2D eigenvalue weighted by molar-refractivity contribution is 5.38. The van der Waals surface area contributed by atoms with Gasteiger partial charge in [0.1, 0.15) is 5.75 Å². The van der Waals surface area contributed by atoms with Gasteiger partial charge in [0.05, 0.1) is 6.61 Å². The number of rotatable bonds is 4. The molecule has 0 aliphatic rings. The third kappa shape index (κ3) is 2.76. The summed E-state index contributed by atoms with van der Waals surface area (Å²) in [5.74, 6) is 1.58. The lowest BCUT2D eigenvalue weighted by atomic mass is 10.00. The van der Waals surface area contributed by atoms with Gasteiger partial charge in [-0.05, 0) is 30.9 Å². The molecule has 1 aromatic rings. The zero-order chi connectivity index (χ0) is 10.6. The lowest BCUT2D eigenvalue weighted by molar-refractivity contribution is 0.313. The molecule has 0 aliphatic heterocycles. The molecule has 0 bridgehead atoms. The highest BCUT2D eigenvalue weighted by Crippen LogP contribution is 2.27. The number of benzene rings is 1. The first-order chi connectivity index (χ1) is 6.65. The first-order valence-corrected chi connectivity index (χ1v) is 5.38. The van der Waals surface area contributed by atoms with Crippen LogP contribution in [0.25, 0.3) is 0 Å². The summed E-state index contributed by atoms with van der Waals surface area (Å²) >= 11 is 0. The van der Waals surface area contributed by atoms with Crippen LogP contribution < -0.4 is 4.74 Å². The second kappa shape index (κ2) is 5.04. The molecule has 1 rings (SSSR count). The van der Waals surface area contributed by atoms with Gasteiger partial charge in [-0.3, -0.25) is 0 Å². The fourth-order valence-electron chi connectivity index (χ4n) is 1.46. The molecule has 1 aromatic carbocycles. The molecule has 0 radical (unpaired) electrons. The van der Waals surface area contributed by atoms with Gasteiger partial charge in [-0.2, -0.15) is 0 Å². The Hall–Kier alpha value is -0.980. The Balaban J connectivity index is 2.90. The van der Waals surface area contributed by atoms with E-state index < -0.39 is 0 Å². The van der Waals surface area contributed by atoms with Crippen LogP contribution in [0.2, 0.25) is 0 Å². The van der Waals surface area contributed by atoms with Crippen molar-refractivity contribution < 1.29 is 4.74 Å². The largest absolute Gasteiger partial charge is 0.493 e. The zero-order valence-electron chi connectivity index (χ0n) is 9.63. The summed E-state index contributed by atoms with van der Waals surface area (Å²) in [6, 6.07) is 6.41. The van der Waals surface area contributed by atoms with Gasteiger partial charge in [0.15, 0.2) is 0 Å². The molecule has 0 fully saturated rings. The van der Waals surface area contributed by atoms with E-state index in [4.69, 9.17) is 4.74 Å². The maximum atomic E-state index is 5.70. The molecule has 1 heteroatoms. The van der Waals surface area contributed by atoms with E-state index in [0.717, 1.165) is 18.8 Å². The minimum atomic E-state index is 0.529. The summed E-state index contributed by atoms with van der Waals surface area (Å²) in [5.41, 5.74) is 2.62. The van der Waals surface area contributed by atoms with Crippen LogP contribution in [0.3, 0.4) is 0 Å². The van der Waals surface area contributed by atoms with Crippen LogP contribution in [0, 0.1) is 6.92 Å². The predicted octanol–water partition coefficient (Wildman–Crippen LogP) is 3.91. The maximum Gasteiger partial charge on any atom is 0.122 e. The topological polar surface area (TPSA) is 9.23 Å². The van der Waals surface area contributed by atoms with Crippen LogP contribution in [0.5, 0.6) is 5.75 Å². The van der Waals surface area contributed by atoms with Crippen molar-refractivity contribution >= 4 is 0 Å². The molecule has 0 saturated carbocycles. The van der Waals surface area contributed by atoms with E-state index >= 15 is 0 Å². The Morgan fingerprint density at radius 1 is 1.29 bits per heavy atom. The van der Waals surface area contributed by atoms with Crippen molar-refractivity contribution in [1.82, 2.24) is 0 Å². The standard InChI is InChI=1S/C13H20O/c1-5-8-14-13-7-6-11(4)9-12(13)10(2)3/h6-7,9-10H,5,8H2,1-4H3. The molecular formula is C13H20O. The molecule has 0 amide bonds. The Bertz CT molecular complexity index is 289. The summed E-state index contributed by atoms with van der Waals surface area (Å²) in [4.78, 5) is 0. The summed E-state index contributed by atoms with van der Waals surface area (Å²) < 4.78 is 5.70. The second-order valence-electron chi connectivity index (χ2n) is 4.04. The van der Waals surface area contributed by atoms with Gasteiger partial charge < -0.3 is 4.74 Å². The lowest BCUT2D eigenvalue weighted by Crippen LogP contribution is -2.00. The Labute approximate surface area is 87.1 Å². The molecule has 0 saturated heterocycles. The molecule has 0 aromatic heterocycles. The first-order valence-electron chi connectivity index (χ1n) is 5.38. The smallest absolute Gasteiger partial charge is 0.122 e. The summed E-state index contributed by atoms with van der Waals surface area (Å²) in [6.07, 6.45) is 1.06. The lowest BCUT2D eigenvalue weighted by Gasteiger charge is -2.14. The van der Waals surface area contributed by atoms with E-state index in [-0.39, 0.29) is 0 Å². The summed E-state index contributed by atoms with van der Waals surface area (Å²) in [6.45, 7) is 9.46. The molecule has 0 spiro atoms. The quantitative estimate of drug-likeness (QED) is 0.703. The average molecular weight is 192 g/mol. The zero-order valence-corrected chi connectivity index (χ0v) is 9.63. The Morgan fingerprint density at radius 2 is 2.00 bits per heavy atom. The molecule has 0 heterocycles. The SMILES string of the molecule is CCCOc1ccc(C)cc1C(C)C. The highest BCUT2D eigenvalue weighted by atomic mass is 16.5. The minimum absolute atomic E-state index is 0.529. The van der Waals surface area contributed by atoms with Gasteiger partial charge in [0.25, 0.3) is 0 Å². The summed E-state index contributed by atoms with van der Waals surface area (Å²) in [7, 11) is 0. The van der Waals surface area contributed by atoms with E-state index in [9.17, 15) is 0 Å².